The first-order valence-corrected chi connectivity index (χ1v) is 9.31. The molecule has 136 valence electrons. The van der Waals surface area contributed by atoms with Crippen molar-refractivity contribution in [1.82, 2.24) is 9.78 Å². The monoisotopic (exact) mass is 365 g/mol. The molecule has 1 aliphatic rings. The fourth-order valence-electron chi connectivity index (χ4n) is 4.26. The van der Waals surface area contributed by atoms with Gasteiger partial charge in [-0.05, 0) is 30.2 Å². The molecule has 0 aliphatic carbocycles. The molecule has 1 N–H and O–H groups in total. The maximum atomic E-state index is 13.6. The molecule has 0 saturated carbocycles. The van der Waals surface area contributed by atoms with Gasteiger partial charge in [0.2, 0.25) is 5.91 Å². The number of para-hydroxylation sites is 1. The van der Waals surface area contributed by atoms with Gasteiger partial charge in [-0.2, -0.15) is 5.10 Å². The Hall–Kier alpha value is -3.66. The van der Waals surface area contributed by atoms with Crippen molar-refractivity contribution in [2.75, 3.05) is 5.32 Å². The number of benzene rings is 3. The van der Waals surface area contributed by atoms with Crippen LogP contribution in [-0.2, 0) is 10.2 Å². The lowest BCUT2D eigenvalue weighted by molar-refractivity contribution is -0.118. The molecule has 0 spiro atoms. The van der Waals surface area contributed by atoms with Crippen molar-refractivity contribution in [1.29, 1.82) is 0 Å². The smallest absolute Gasteiger partial charge is 0.245 e. The van der Waals surface area contributed by atoms with Crippen LogP contribution in [0.15, 0.2) is 91.0 Å². The second-order valence-electron chi connectivity index (χ2n) is 6.99. The van der Waals surface area contributed by atoms with Crippen molar-refractivity contribution in [3.8, 4) is 5.69 Å². The number of carbonyl (C=O) groups is 1. The molecule has 4 nitrogen and oxygen atoms in total. The summed E-state index contributed by atoms with van der Waals surface area (Å²) in [5.41, 5.74) is 3.63. The Morgan fingerprint density at radius 3 is 1.82 bits per heavy atom. The third-order valence-electron chi connectivity index (χ3n) is 5.42. The molecule has 5 rings (SSSR count). The standard InChI is InChI=1S/C24H19N3O/c1-17-21-22(27(26-17)20-15-9-4-10-16-20)25-23(28)24(21,18-11-5-2-6-12-18)19-13-7-3-8-14-19/h2-16H,1H3,(H,25,28). The summed E-state index contributed by atoms with van der Waals surface area (Å²) in [4.78, 5) is 13.6. The van der Waals surface area contributed by atoms with E-state index in [2.05, 4.69) is 5.32 Å². The van der Waals surface area contributed by atoms with E-state index < -0.39 is 5.41 Å². The molecule has 4 heteroatoms. The number of rotatable bonds is 3. The highest BCUT2D eigenvalue weighted by atomic mass is 16.2. The molecule has 0 unspecified atom stereocenters. The molecular formula is C24H19N3O. The van der Waals surface area contributed by atoms with Crippen LogP contribution < -0.4 is 5.32 Å². The molecule has 28 heavy (non-hydrogen) atoms. The minimum atomic E-state index is -0.922. The van der Waals surface area contributed by atoms with E-state index in [0.29, 0.717) is 0 Å². The summed E-state index contributed by atoms with van der Waals surface area (Å²) < 4.78 is 1.83. The van der Waals surface area contributed by atoms with E-state index in [4.69, 9.17) is 5.10 Å². The van der Waals surface area contributed by atoms with E-state index in [1.165, 1.54) is 0 Å². The van der Waals surface area contributed by atoms with E-state index in [1.807, 2.05) is 103 Å². The molecule has 0 bridgehead atoms. The molecule has 0 fully saturated rings. The molecule has 2 heterocycles. The number of carbonyl (C=O) groups excluding carboxylic acids is 1. The third-order valence-corrected chi connectivity index (χ3v) is 5.42. The van der Waals surface area contributed by atoms with Gasteiger partial charge in [0.25, 0.3) is 0 Å². The molecule has 1 aliphatic heterocycles. The van der Waals surface area contributed by atoms with Crippen LogP contribution in [0.3, 0.4) is 0 Å². The second-order valence-corrected chi connectivity index (χ2v) is 6.99. The second kappa shape index (κ2) is 6.20. The van der Waals surface area contributed by atoms with Crippen LogP contribution in [0.25, 0.3) is 5.69 Å². The fourth-order valence-corrected chi connectivity index (χ4v) is 4.26. The van der Waals surface area contributed by atoms with Crippen LogP contribution in [0.5, 0.6) is 0 Å². The SMILES string of the molecule is Cc1nn(-c2ccccc2)c2c1C(c1ccccc1)(c1ccccc1)C(=O)N2. The summed E-state index contributed by atoms with van der Waals surface area (Å²) in [7, 11) is 0. The summed E-state index contributed by atoms with van der Waals surface area (Å²) in [6, 6.07) is 29.8. The number of anilines is 1. The quantitative estimate of drug-likeness (QED) is 0.582. The maximum absolute atomic E-state index is 13.6. The first-order chi connectivity index (χ1) is 13.7. The van der Waals surface area contributed by atoms with E-state index in [-0.39, 0.29) is 5.91 Å². The predicted octanol–water partition coefficient (Wildman–Crippen LogP) is 4.47. The Bertz CT molecular complexity index is 1110. The molecule has 3 aromatic carbocycles. The number of hydrogen-bond donors (Lipinski definition) is 1. The number of aryl methyl sites for hydroxylation is 1. The Labute approximate surface area is 163 Å². The van der Waals surface area contributed by atoms with Gasteiger partial charge in [-0.25, -0.2) is 4.68 Å². The van der Waals surface area contributed by atoms with Crippen LogP contribution in [0.4, 0.5) is 5.82 Å². The molecule has 1 aromatic heterocycles. The van der Waals surface area contributed by atoms with Crippen molar-refractivity contribution in [2.45, 2.75) is 12.3 Å². The van der Waals surface area contributed by atoms with Crippen LogP contribution in [0, 0.1) is 6.92 Å². The largest absolute Gasteiger partial charge is 0.309 e. The minimum absolute atomic E-state index is 0.0509. The van der Waals surface area contributed by atoms with Crippen LogP contribution in [-0.4, -0.2) is 15.7 Å². The molecule has 0 radical (unpaired) electrons. The van der Waals surface area contributed by atoms with E-state index in [1.54, 1.807) is 0 Å². The first kappa shape index (κ1) is 16.5. The number of amides is 1. The van der Waals surface area contributed by atoms with Crippen molar-refractivity contribution < 1.29 is 4.79 Å². The fraction of sp³-hybridized carbons (Fsp3) is 0.0833. The zero-order valence-corrected chi connectivity index (χ0v) is 15.5. The zero-order valence-electron chi connectivity index (χ0n) is 15.5. The van der Waals surface area contributed by atoms with Gasteiger partial charge in [-0.3, -0.25) is 4.79 Å². The van der Waals surface area contributed by atoms with Gasteiger partial charge in [0.15, 0.2) is 0 Å². The van der Waals surface area contributed by atoms with Crippen molar-refractivity contribution in [3.05, 3.63) is 113 Å². The van der Waals surface area contributed by atoms with Crippen LogP contribution >= 0.6 is 0 Å². The Kier molecular flexibility index (Phi) is 3.66. The topological polar surface area (TPSA) is 46.9 Å². The highest BCUT2D eigenvalue weighted by Crippen LogP contribution is 2.49. The van der Waals surface area contributed by atoms with Crippen molar-refractivity contribution in [3.63, 3.8) is 0 Å². The van der Waals surface area contributed by atoms with Gasteiger partial charge in [0.1, 0.15) is 11.2 Å². The van der Waals surface area contributed by atoms with Gasteiger partial charge in [-0.15, -0.1) is 0 Å². The summed E-state index contributed by atoms with van der Waals surface area (Å²) in [6.45, 7) is 1.97. The Morgan fingerprint density at radius 1 is 0.786 bits per heavy atom. The minimum Gasteiger partial charge on any atom is -0.309 e. The van der Waals surface area contributed by atoms with Gasteiger partial charge in [-0.1, -0.05) is 78.9 Å². The van der Waals surface area contributed by atoms with Gasteiger partial charge < -0.3 is 5.32 Å². The average molecular weight is 365 g/mol. The molecule has 0 saturated heterocycles. The summed E-state index contributed by atoms with van der Waals surface area (Å²) in [6.07, 6.45) is 0. The average Bonchev–Trinajstić information content (AvgIpc) is 3.24. The molecular weight excluding hydrogens is 346 g/mol. The lowest BCUT2D eigenvalue weighted by Crippen LogP contribution is -2.37. The Morgan fingerprint density at radius 2 is 1.29 bits per heavy atom. The van der Waals surface area contributed by atoms with Gasteiger partial charge in [0.05, 0.1) is 11.4 Å². The number of fused-ring (bicyclic) bond motifs is 1. The third kappa shape index (κ3) is 2.18. The summed E-state index contributed by atoms with van der Waals surface area (Å²) in [5.74, 6) is 0.687. The van der Waals surface area contributed by atoms with Crippen LogP contribution in [0.1, 0.15) is 22.4 Å². The first-order valence-electron chi connectivity index (χ1n) is 9.31. The van der Waals surface area contributed by atoms with E-state index in [9.17, 15) is 4.79 Å². The van der Waals surface area contributed by atoms with E-state index >= 15 is 0 Å². The zero-order chi connectivity index (χ0) is 19.1. The molecule has 1 amide bonds. The van der Waals surface area contributed by atoms with Gasteiger partial charge >= 0.3 is 0 Å². The summed E-state index contributed by atoms with van der Waals surface area (Å²) >= 11 is 0. The number of nitrogens with one attached hydrogen (secondary N) is 1. The van der Waals surface area contributed by atoms with Crippen molar-refractivity contribution in [2.24, 2.45) is 0 Å². The Balaban J connectivity index is 1.85. The lowest BCUT2D eigenvalue weighted by Gasteiger charge is -2.28. The highest BCUT2D eigenvalue weighted by molar-refractivity contribution is 6.11. The lowest BCUT2D eigenvalue weighted by atomic mass is 9.70. The highest BCUT2D eigenvalue weighted by Gasteiger charge is 2.53. The number of hydrogen-bond acceptors (Lipinski definition) is 2. The van der Waals surface area contributed by atoms with Crippen molar-refractivity contribution >= 4 is 11.7 Å². The molecule has 4 aromatic rings. The van der Waals surface area contributed by atoms with Crippen LogP contribution in [0.2, 0.25) is 0 Å². The van der Waals surface area contributed by atoms with Gasteiger partial charge in [0, 0.05) is 5.56 Å². The summed E-state index contributed by atoms with van der Waals surface area (Å²) in [5, 5.41) is 7.92. The maximum Gasteiger partial charge on any atom is 0.245 e. The number of aromatic nitrogens is 2. The normalized spacial score (nSPS) is 14.5. The predicted molar refractivity (Wildman–Crippen MR) is 110 cm³/mol. The number of nitrogens with zero attached hydrogens (tertiary/aromatic N) is 2. The van der Waals surface area contributed by atoms with E-state index in [0.717, 1.165) is 33.9 Å². The molecule has 0 atom stereocenters.